The van der Waals surface area contributed by atoms with Crippen LogP contribution in [0.4, 0.5) is 0 Å². The summed E-state index contributed by atoms with van der Waals surface area (Å²) in [5.74, 6) is 0.0789. The molecular weight excluding hydrogens is 624 g/mol. The largest absolute Gasteiger partial charge is 0.488 e. The van der Waals surface area contributed by atoms with Gasteiger partial charge in [-0.05, 0) is 60.7 Å². The Bertz CT molecular complexity index is 2050. The molecule has 1 atom stereocenters. The lowest BCUT2D eigenvalue weighted by Gasteiger charge is -2.26. The predicted octanol–water partition coefficient (Wildman–Crippen LogP) is 6.89. The number of hydrogen-bond acceptors (Lipinski definition) is 7. The number of halogens is 1. The summed E-state index contributed by atoms with van der Waals surface area (Å²) >= 11 is 9.28. The molecule has 0 aliphatic carbocycles. The van der Waals surface area contributed by atoms with E-state index in [0.29, 0.717) is 43.5 Å². The van der Waals surface area contributed by atoms with Crippen molar-refractivity contribution in [1.29, 1.82) is 0 Å². The average molecular weight is 653 g/mol. The van der Waals surface area contributed by atoms with Crippen LogP contribution >= 0.6 is 34.7 Å². The maximum Gasteiger partial charge on any atom is 0.338 e. The number of rotatable bonds is 9. The van der Waals surface area contributed by atoms with Crippen LogP contribution in [0.25, 0.3) is 11.8 Å². The molecular formula is C36H29ClN2O4S2. The first-order chi connectivity index (χ1) is 22.0. The molecule has 0 radical (unpaired) electrons. The zero-order valence-corrected chi connectivity index (χ0v) is 27.0. The Morgan fingerprint density at radius 3 is 2.40 bits per heavy atom. The second-order valence-corrected chi connectivity index (χ2v) is 12.5. The molecule has 6 rings (SSSR count). The zero-order valence-electron chi connectivity index (χ0n) is 24.6. The van der Waals surface area contributed by atoms with E-state index in [-0.39, 0.29) is 12.2 Å². The number of ether oxygens (including phenoxy) is 2. The maximum absolute atomic E-state index is 14.3. The lowest BCUT2D eigenvalue weighted by atomic mass is 9.93. The second kappa shape index (κ2) is 13.7. The minimum Gasteiger partial charge on any atom is -0.488 e. The average Bonchev–Trinajstić information content (AvgIpc) is 3.38. The standard InChI is InChI=1S/C36H29ClN2O4S2/c1-3-42-35(41)31-32(24-12-8-5-9-13-24)38-36-39(33(31)25-14-17-28(44-2)18-15-25)34(40)30(45-36)21-26-20-27(37)16-19-29(26)43-22-23-10-6-4-7-11-23/h4-21,33H,3,22H2,1-2H3/b30-21-/t33-/m1/s1. The molecule has 1 aliphatic rings. The molecule has 0 spiro atoms. The van der Waals surface area contributed by atoms with Gasteiger partial charge in [0.2, 0.25) is 0 Å². The smallest absolute Gasteiger partial charge is 0.338 e. The van der Waals surface area contributed by atoms with Gasteiger partial charge in [-0.3, -0.25) is 9.36 Å². The number of hydrogen-bond donors (Lipinski definition) is 0. The number of thiazole rings is 1. The van der Waals surface area contributed by atoms with E-state index in [1.807, 2.05) is 91.2 Å². The summed E-state index contributed by atoms with van der Waals surface area (Å²) in [6.45, 7) is 2.31. The first-order valence-corrected chi connectivity index (χ1v) is 16.8. The van der Waals surface area contributed by atoms with Gasteiger partial charge in [-0.15, -0.1) is 11.8 Å². The molecule has 0 amide bonds. The summed E-state index contributed by atoms with van der Waals surface area (Å²) in [6.07, 6.45) is 3.78. The van der Waals surface area contributed by atoms with Gasteiger partial charge >= 0.3 is 5.97 Å². The van der Waals surface area contributed by atoms with E-state index in [4.69, 9.17) is 26.1 Å². The molecule has 0 N–H and O–H groups in total. The quantitative estimate of drug-likeness (QED) is 0.128. The van der Waals surface area contributed by atoms with Crippen LogP contribution in [0.15, 0.2) is 123 Å². The minimum absolute atomic E-state index is 0.188. The van der Waals surface area contributed by atoms with E-state index in [2.05, 4.69) is 0 Å². The van der Waals surface area contributed by atoms with Crippen molar-refractivity contribution in [1.82, 2.24) is 4.57 Å². The van der Waals surface area contributed by atoms with Crippen LogP contribution in [0.3, 0.4) is 0 Å². The molecule has 226 valence electrons. The number of nitrogens with zero attached hydrogens (tertiary/aromatic N) is 2. The van der Waals surface area contributed by atoms with E-state index < -0.39 is 12.0 Å². The Labute approximate surface area is 274 Å². The molecule has 9 heteroatoms. The number of esters is 1. The van der Waals surface area contributed by atoms with Gasteiger partial charge in [0.05, 0.1) is 28.5 Å². The zero-order chi connectivity index (χ0) is 31.3. The van der Waals surface area contributed by atoms with Crippen molar-refractivity contribution >= 4 is 52.4 Å². The number of aromatic nitrogens is 1. The SMILES string of the molecule is CCOC(=O)C1=C(c2ccccc2)N=c2s/c(=C\c3cc(Cl)ccc3OCc3ccccc3)c(=O)n2[C@@H]1c1ccc(SC)cc1. The summed E-state index contributed by atoms with van der Waals surface area (Å²) in [4.78, 5) is 34.5. The van der Waals surface area contributed by atoms with Crippen LogP contribution in [0, 0.1) is 0 Å². The molecule has 0 fully saturated rings. The fraction of sp³-hybridized carbons (Fsp3) is 0.139. The van der Waals surface area contributed by atoms with E-state index in [9.17, 15) is 9.59 Å². The Balaban J connectivity index is 1.55. The van der Waals surface area contributed by atoms with Gasteiger partial charge in [0.25, 0.3) is 5.56 Å². The predicted molar refractivity (Wildman–Crippen MR) is 182 cm³/mol. The maximum atomic E-state index is 14.3. The van der Waals surface area contributed by atoms with Gasteiger partial charge in [-0.1, -0.05) is 95.7 Å². The van der Waals surface area contributed by atoms with Crippen LogP contribution < -0.4 is 19.6 Å². The summed E-state index contributed by atoms with van der Waals surface area (Å²) < 4.78 is 13.8. The third kappa shape index (κ3) is 6.54. The normalized spacial score (nSPS) is 14.6. The van der Waals surface area contributed by atoms with Crippen molar-refractivity contribution in [3.63, 3.8) is 0 Å². The molecule has 0 saturated heterocycles. The number of thioether (sulfide) groups is 1. The number of fused-ring (bicyclic) bond motifs is 1. The summed E-state index contributed by atoms with van der Waals surface area (Å²) in [5, 5.41) is 0.517. The van der Waals surface area contributed by atoms with Crippen LogP contribution in [0.2, 0.25) is 5.02 Å². The van der Waals surface area contributed by atoms with Crippen LogP contribution in [0.5, 0.6) is 5.75 Å². The fourth-order valence-electron chi connectivity index (χ4n) is 5.18. The number of benzene rings is 4. The molecule has 2 heterocycles. The van der Waals surface area contributed by atoms with Crippen molar-refractivity contribution in [3.05, 3.63) is 156 Å². The minimum atomic E-state index is -0.748. The lowest BCUT2D eigenvalue weighted by Crippen LogP contribution is -2.40. The van der Waals surface area contributed by atoms with Crippen molar-refractivity contribution in [2.75, 3.05) is 12.9 Å². The molecule has 1 aliphatic heterocycles. The highest BCUT2D eigenvalue weighted by molar-refractivity contribution is 7.98. The van der Waals surface area contributed by atoms with Crippen molar-refractivity contribution in [2.45, 2.75) is 24.5 Å². The highest BCUT2D eigenvalue weighted by Crippen LogP contribution is 2.36. The lowest BCUT2D eigenvalue weighted by molar-refractivity contribution is -0.138. The van der Waals surface area contributed by atoms with Crippen LogP contribution in [0.1, 0.15) is 35.2 Å². The molecule has 45 heavy (non-hydrogen) atoms. The number of carbonyl (C=O) groups is 1. The highest BCUT2D eigenvalue weighted by atomic mass is 35.5. The van der Waals surface area contributed by atoms with Crippen molar-refractivity contribution < 1.29 is 14.3 Å². The Kier molecular flexibility index (Phi) is 9.35. The Hall–Kier alpha value is -4.37. The van der Waals surface area contributed by atoms with Crippen LogP contribution in [-0.4, -0.2) is 23.4 Å². The van der Waals surface area contributed by atoms with Gasteiger partial charge in [0.1, 0.15) is 12.4 Å². The van der Waals surface area contributed by atoms with Crippen LogP contribution in [-0.2, 0) is 16.1 Å². The van der Waals surface area contributed by atoms with Crippen molar-refractivity contribution in [3.8, 4) is 5.75 Å². The Morgan fingerprint density at radius 2 is 1.71 bits per heavy atom. The van der Waals surface area contributed by atoms with Crippen molar-refractivity contribution in [2.24, 2.45) is 4.99 Å². The fourth-order valence-corrected chi connectivity index (χ4v) is 6.76. The summed E-state index contributed by atoms with van der Waals surface area (Å²) in [6, 6.07) is 31.8. The molecule has 0 bridgehead atoms. The molecule has 5 aromatic rings. The molecule has 0 unspecified atom stereocenters. The highest BCUT2D eigenvalue weighted by Gasteiger charge is 2.35. The first-order valence-electron chi connectivity index (χ1n) is 14.4. The van der Waals surface area contributed by atoms with Gasteiger partial charge in [0.15, 0.2) is 4.80 Å². The van der Waals surface area contributed by atoms with Gasteiger partial charge < -0.3 is 9.47 Å². The van der Waals surface area contributed by atoms with Gasteiger partial charge in [0, 0.05) is 21.0 Å². The van der Waals surface area contributed by atoms with Gasteiger partial charge in [-0.2, -0.15) is 0 Å². The summed E-state index contributed by atoms with van der Waals surface area (Å²) in [7, 11) is 0. The first kappa shape index (κ1) is 30.6. The van der Waals surface area contributed by atoms with Gasteiger partial charge in [-0.25, -0.2) is 9.79 Å². The van der Waals surface area contributed by atoms with E-state index in [0.717, 1.165) is 21.6 Å². The third-order valence-corrected chi connectivity index (χ3v) is 9.26. The van der Waals surface area contributed by atoms with E-state index >= 15 is 0 Å². The van der Waals surface area contributed by atoms with E-state index in [1.165, 1.54) is 11.3 Å². The topological polar surface area (TPSA) is 69.9 Å². The molecule has 4 aromatic carbocycles. The third-order valence-electron chi connectivity index (χ3n) is 7.30. The second-order valence-electron chi connectivity index (χ2n) is 10.2. The molecule has 1 aromatic heterocycles. The van der Waals surface area contributed by atoms with E-state index in [1.54, 1.807) is 47.5 Å². The molecule has 6 nitrogen and oxygen atoms in total. The Morgan fingerprint density at radius 1 is 1.00 bits per heavy atom. The monoisotopic (exact) mass is 652 g/mol. The number of carbonyl (C=O) groups excluding carboxylic acids is 1. The summed E-state index contributed by atoms with van der Waals surface area (Å²) in [5.41, 5.74) is 3.74. The molecule has 0 saturated carbocycles.